The first kappa shape index (κ1) is 16.2. The Kier molecular flexibility index (Phi) is 5.20. The van der Waals surface area contributed by atoms with Crippen LogP contribution in [0.5, 0.6) is 11.5 Å². The largest absolute Gasteiger partial charge is 0.490 e. The highest BCUT2D eigenvalue weighted by molar-refractivity contribution is 5.79. The molecule has 2 heterocycles. The number of aliphatic imine (C=N–C) groups is 1. The van der Waals surface area contributed by atoms with Gasteiger partial charge in [-0.2, -0.15) is 0 Å². The van der Waals surface area contributed by atoms with E-state index in [0.29, 0.717) is 26.3 Å². The maximum absolute atomic E-state index is 5.85. The van der Waals surface area contributed by atoms with Gasteiger partial charge in [-0.05, 0) is 6.07 Å². The maximum Gasteiger partial charge on any atom is 0.194 e. The molecule has 1 aliphatic rings. The van der Waals surface area contributed by atoms with E-state index in [1.165, 1.54) is 0 Å². The van der Waals surface area contributed by atoms with Crippen molar-refractivity contribution in [1.82, 2.24) is 15.4 Å². The Balaban J connectivity index is 1.66. The van der Waals surface area contributed by atoms with E-state index in [9.17, 15) is 0 Å². The van der Waals surface area contributed by atoms with E-state index in [4.69, 9.17) is 14.0 Å². The van der Waals surface area contributed by atoms with E-state index >= 15 is 0 Å². The standard InChI is InChI=1S/C17H22N4O3/c1-18-17(21(2)12-14-7-10-24-20-14)19-11-13-5-3-6-15-16(13)23-9-4-8-22-15/h3,5-7,10H,4,8-9,11-12H2,1-2H3,(H,18,19). The third kappa shape index (κ3) is 3.79. The minimum absolute atomic E-state index is 0.600. The van der Waals surface area contributed by atoms with E-state index in [2.05, 4.69) is 15.5 Å². The van der Waals surface area contributed by atoms with Crippen LogP contribution in [0.25, 0.3) is 0 Å². The lowest BCUT2D eigenvalue weighted by Gasteiger charge is -2.21. The molecule has 1 N–H and O–H groups in total. The average molecular weight is 330 g/mol. The monoisotopic (exact) mass is 330 g/mol. The molecule has 0 amide bonds. The molecule has 1 aliphatic heterocycles. The Morgan fingerprint density at radius 3 is 2.96 bits per heavy atom. The molecular formula is C17H22N4O3. The molecule has 128 valence electrons. The van der Waals surface area contributed by atoms with E-state index in [0.717, 1.165) is 35.1 Å². The van der Waals surface area contributed by atoms with E-state index in [-0.39, 0.29) is 0 Å². The molecule has 0 bridgehead atoms. The highest BCUT2D eigenvalue weighted by Crippen LogP contribution is 2.33. The summed E-state index contributed by atoms with van der Waals surface area (Å²) in [4.78, 5) is 6.30. The summed E-state index contributed by atoms with van der Waals surface area (Å²) in [7, 11) is 3.71. The summed E-state index contributed by atoms with van der Waals surface area (Å²) >= 11 is 0. The first-order valence-corrected chi connectivity index (χ1v) is 7.96. The Hall–Kier alpha value is -2.70. The third-order valence-corrected chi connectivity index (χ3v) is 3.75. The number of hydrogen-bond donors (Lipinski definition) is 1. The second-order valence-electron chi connectivity index (χ2n) is 5.54. The number of rotatable bonds is 4. The van der Waals surface area contributed by atoms with Gasteiger partial charge in [-0.25, -0.2) is 0 Å². The summed E-state index contributed by atoms with van der Waals surface area (Å²) in [5.41, 5.74) is 1.90. The van der Waals surface area contributed by atoms with Gasteiger partial charge in [-0.3, -0.25) is 4.99 Å². The maximum atomic E-state index is 5.85. The first-order chi connectivity index (χ1) is 11.8. The summed E-state index contributed by atoms with van der Waals surface area (Å²) in [6.07, 6.45) is 2.46. The van der Waals surface area contributed by atoms with Crippen LogP contribution in [-0.4, -0.2) is 43.3 Å². The summed E-state index contributed by atoms with van der Waals surface area (Å²) in [5, 5.41) is 7.27. The van der Waals surface area contributed by atoms with Crippen molar-refractivity contribution in [3.05, 3.63) is 41.8 Å². The molecule has 0 atom stereocenters. The number of guanidine groups is 1. The zero-order valence-electron chi connectivity index (χ0n) is 14.0. The van der Waals surface area contributed by atoms with Gasteiger partial charge in [0.1, 0.15) is 12.0 Å². The smallest absolute Gasteiger partial charge is 0.194 e. The molecule has 1 aromatic carbocycles. The molecule has 0 aliphatic carbocycles. The lowest BCUT2D eigenvalue weighted by Crippen LogP contribution is -2.38. The number of nitrogens with zero attached hydrogens (tertiary/aromatic N) is 3. The lowest BCUT2D eigenvalue weighted by molar-refractivity contribution is 0.296. The lowest BCUT2D eigenvalue weighted by atomic mass is 10.2. The fourth-order valence-corrected chi connectivity index (χ4v) is 2.59. The van der Waals surface area contributed by atoms with E-state index in [1.54, 1.807) is 13.3 Å². The molecule has 7 heteroatoms. The van der Waals surface area contributed by atoms with Gasteiger partial charge in [0.2, 0.25) is 0 Å². The van der Waals surface area contributed by atoms with Crippen molar-refractivity contribution >= 4 is 5.96 Å². The second-order valence-corrected chi connectivity index (χ2v) is 5.54. The van der Waals surface area contributed by atoms with E-state index < -0.39 is 0 Å². The Morgan fingerprint density at radius 1 is 1.29 bits per heavy atom. The number of hydrogen-bond acceptors (Lipinski definition) is 5. The van der Waals surface area contributed by atoms with Gasteiger partial charge in [0, 0.05) is 38.7 Å². The highest BCUT2D eigenvalue weighted by Gasteiger charge is 2.15. The van der Waals surface area contributed by atoms with Gasteiger partial charge in [-0.1, -0.05) is 17.3 Å². The van der Waals surface area contributed by atoms with Gasteiger partial charge in [0.15, 0.2) is 17.5 Å². The van der Waals surface area contributed by atoms with Gasteiger partial charge in [0.05, 0.1) is 19.8 Å². The van der Waals surface area contributed by atoms with Crippen LogP contribution < -0.4 is 14.8 Å². The number of fused-ring (bicyclic) bond motifs is 1. The number of benzene rings is 1. The molecular weight excluding hydrogens is 308 g/mol. The zero-order chi connectivity index (χ0) is 16.8. The van der Waals surface area contributed by atoms with Crippen molar-refractivity contribution in [2.75, 3.05) is 27.3 Å². The van der Waals surface area contributed by atoms with Crippen molar-refractivity contribution < 1.29 is 14.0 Å². The quantitative estimate of drug-likeness (QED) is 0.683. The molecule has 0 spiro atoms. The van der Waals surface area contributed by atoms with Crippen LogP contribution in [0, 0.1) is 0 Å². The predicted molar refractivity (Wildman–Crippen MR) is 90.2 cm³/mol. The third-order valence-electron chi connectivity index (χ3n) is 3.75. The normalized spacial score (nSPS) is 14.2. The van der Waals surface area contributed by atoms with Crippen LogP contribution in [-0.2, 0) is 13.1 Å². The zero-order valence-corrected chi connectivity index (χ0v) is 14.0. The Labute approximate surface area is 141 Å². The summed E-state index contributed by atoms with van der Waals surface area (Å²) in [5.74, 6) is 2.39. The molecule has 24 heavy (non-hydrogen) atoms. The van der Waals surface area contributed by atoms with Crippen LogP contribution in [0.1, 0.15) is 17.7 Å². The minimum Gasteiger partial charge on any atom is -0.490 e. The molecule has 0 radical (unpaired) electrons. The van der Waals surface area contributed by atoms with Crippen LogP contribution >= 0.6 is 0 Å². The average Bonchev–Trinajstić information content (AvgIpc) is 2.97. The van der Waals surface area contributed by atoms with Crippen molar-refractivity contribution in [3.8, 4) is 11.5 Å². The molecule has 0 unspecified atom stereocenters. The molecule has 2 aromatic rings. The van der Waals surface area contributed by atoms with Crippen molar-refractivity contribution in [1.29, 1.82) is 0 Å². The van der Waals surface area contributed by atoms with Gasteiger partial charge in [-0.15, -0.1) is 0 Å². The Bertz CT molecular complexity index is 685. The second kappa shape index (κ2) is 7.72. The van der Waals surface area contributed by atoms with Crippen LogP contribution in [0.3, 0.4) is 0 Å². The first-order valence-electron chi connectivity index (χ1n) is 7.96. The number of nitrogens with one attached hydrogen (secondary N) is 1. The van der Waals surface area contributed by atoms with Gasteiger partial charge >= 0.3 is 0 Å². The number of ether oxygens (including phenoxy) is 2. The molecule has 0 saturated carbocycles. The van der Waals surface area contributed by atoms with Crippen LogP contribution in [0.2, 0.25) is 0 Å². The fraction of sp³-hybridized carbons (Fsp3) is 0.412. The number of aromatic nitrogens is 1. The van der Waals surface area contributed by atoms with E-state index in [1.807, 2.05) is 36.2 Å². The summed E-state index contributed by atoms with van der Waals surface area (Å²) < 4.78 is 16.4. The molecule has 0 fully saturated rings. The van der Waals surface area contributed by atoms with Crippen molar-refractivity contribution in [2.24, 2.45) is 4.99 Å². The minimum atomic E-state index is 0.600. The van der Waals surface area contributed by atoms with Crippen molar-refractivity contribution in [3.63, 3.8) is 0 Å². The highest BCUT2D eigenvalue weighted by atomic mass is 16.5. The number of para-hydroxylation sites is 1. The predicted octanol–water partition coefficient (Wildman–Crippen LogP) is 2.04. The Morgan fingerprint density at radius 2 is 2.17 bits per heavy atom. The molecule has 1 aromatic heterocycles. The fourth-order valence-electron chi connectivity index (χ4n) is 2.59. The summed E-state index contributed by atoms with van der Waals surface area (Å²) in [6.45, 7) is 2.57. The molecule has 0 saturated heterocycles. The topological polar surface area (TPSA) is 72.1 Å². The van der Waals surface area contributed by atoms with Gasteiger partial charge < -0.3 is 24.2 Å². The van der Waals surface area contributed by atoms with Crippen LogP contribution in [0.4, 0.5) is 0 Å². The van der Waals surface area contributed by atoms with Crippen LogP contribution in [0.15, 0.2) is 40.0 Å². The molecule has 3 rings (SSSR count). The van der Waals surface area contributed by atoms with Crippen molar-refractivity contribution in [2.45, 2.75) is 19.5 Å². The SMILES string of the molecule is CN=C(NCc1cccc2c1OCCCO2)N(C)Cc1ccon1. The van der Waals surface area contributed by atoms with Gasteiger partial charge in [0.25, 0.3) is 0 Å². The molecule has 7 nitrogen and oxygen atoms in total. The summed E-state index contributed by atoms with van der Waals surface area (Å²) in [6, 6.07) is 7.79.